The topological polar surface area (TPSA) is 12.0 Å². The normalized spacial score (nSPS) is 13.1. The van der Waals surface area contributed by atoms with Crippen LogP contribution in [0.1, 0.15) is 43.9 Å². The lowest BCUT2D eigenvalue weighted by Crippen LogP contribution is -2.18. The first-order chi connectivity index (χ1) is 7.54. The lowest BCUT2D eigenvalue weighted by molar-refractivity contribution is 0.463. The van der Waals surface area contributed by atoms with Crippen LogP contribution >= 0.6 is 0 Å². The van der Waals surface area contributed by atoms with Gasteiger partial charge < -0.3 is 5.32 Å². The molecule has 0 spiro atoms. The van der Waals surface area contributed by atoms with E-state index < -0.39 is 0 Å². The van der Waals surface area contributed by atoms with Crippen LogP contribution in [0.15, 0.2) is 18.2 Å². The molecule has 0 amide bonds. The molecular weight excluding hydrogens is 201 g/mol. The molecule has 0 aliphatic rings. The maximum Gasteiger partial charge on any atom is 0.123 e. The van der Waals surface area contributed by atoms with Crippen molar-refractivity contribution in [3.05, 3.63) is 35.1 Å². The van der Waals surface area contributed by atoms with Crippen molar-refractivity contribution >= 4 is 0 Å². The van der Waals surface area contributed by atoms with Crippen molar-refractivity contribution < 1.29 is 4.39 Å². The second kappa shape index (κ2) is 6.00. The SMILES string of the molecule is CNC(CCC(C)C)c1ccc(F)cc1C. The zero-order chi connectivity index (χ0) is 12.1. The Morgan fingerprint density at radius 1 is 1.25 bits per heavy atom. The Morgan fingerprint density at radius 2 is 1.94 bits per heavy atom. The molecule has 0 aromatic heterocycles. The summed E-state index contributed by atoms with van der Waals surface area (Å²) in [5.74, 6) is 0.552. The van der Waals surface area contributed by atoms with Crippen molar-refractivity contribution in [2.45, 2.75) is 39.7 Å². The predicted molar refractivity (Wildman–Crippen MR) is 67.0 cm³/mol. The summed E-state index contributed by atoms with van der Waals surface area (Å²) in [6.45, 7) is 6.42. The molecule has 1 N–H and O–H groups in total. The van der Waals surface area contributed by atoms with Gasteiger partial charge >= 0.3 is 0 Å². The van der Waals surface area contributed by atoms with E-state index in [4.69, 9.17) is 0 Å². The van der Waals surface area contributed by atoms with Gasteiger partial charge in [-0.05, 0) is 56.0 Å². The molecule has 1 rings (SSSR count). The van der Waals surface area contributed by atoms with Crippen molar-refractivity contribution in [3.8, 4) is 0 Å². The number of aryl methyl sites for hydroxylation is 1. The molecule has 0 fully saturated rings. The van der Waals surface area contributed by atoms with Gasteiger partial charge in [-0.3, -0.25) is 0 Å². The minimum Gasteiger partial charge on any atom is -0.313 e. The fourth-order valence-corrected chi connectivity index (χ4v) is 1.99. The summed E-state index contributed by atoms with van der Waals surface area (Å²) < 4.78 is 13.0. The van der Waals surface area contributed by atoms with Gasteiger partial charge in [0.15, 0.2) is 0 Å². The van der Waals surface area contributed by atoms with Gasteiger partial charge in [-0.15, -0.1) is 0 Å². The molecule has 1 unspecified atom stereocenters. The summed E-state index contributed by atoms with van der Waals surface area (Å²) in [4.78, 5) is 0. The highest BCUT2D eigenvalue weighted by atomic mass is 19.1. The van der Waals surface area contributed by atoms with Gasteiger partial charge in [0, 0.05) is 6.04 Å². The van der Waals surface area contributed by atoms with Gasteiger partial charge in [0.05, 0.1) is 0 Å². The molecule has 0 saturated carbocycles. The molecule has 90 valence electrons. The Morgan fingerprint density at radius 3 is 2.44 bits per heavy atom. The van der Waals surface area contributed by atoms with E-state index >= 15 is 0 Å². The number of benzene rings is 1. The summed E-state index contributed by atoms with van der Waals surface area (Å²) in [5.41, 5.74) is 2.24. The molecule has 1 aromatic carbocycles. The molecule has 0 aliphatic carbocycles. The maximum absolute atomic E-state index is 13.0. The Hall–Kier alpha value is -0.890. The van der Waals surface area contributed by atoms with Crippen LogP contribution in [0.5, 0.6) is 0 Å². The summed E-state index contributed by atoms with van der Waals surface area (Å²) in [7, 11) is 1.97. The molecule has 0 heterocycles. The summed E-state index contributed by atoms with van der Waals surface area (Å²) in [6.07, 6.45) is 2.28. The van der Waals surface area contributed by atoms with E-state index in [9.17, 15) is 4.39 Å². The Kier molecular flexibility index (Phi) is 4.94. The average molecular weight is 223 g/mol. The van der Waals surface area contributed by atoms with E-state index in [0.717, 1.165) is 12.0 Å². The van der Waals surface area contributed by atoms with Gasteiger partial charge in [0.1, 0.15) is 5.82 Å². The minimum atomic E-state index is -0.153. The molecule has 2 heteroatoms. The molecule has 1 nitrogen and oxygen atoms in total. The van der Waals surface area contributed by atoms with Crippen LogP contribution < -0.4 is 5.32 Å². The van der Waals surface area contributed by atoms with E-state index in [-0.39, 0.29) is 5.82 Å². The largest absolute Gasteiger partial charge is 0.313 e. The van der Waals surface area contributed by atoms with Gasteiger partial charge in [0.25, 0.3) is 0 Å². The molecule has 0 bridgehead atoms. The number of rotatable bonds is 5. The van der Waals surface area contributed by atoms with Crippen LogP contribution in [-0.2, 0) is 0 Å². The second-order valence-electron chi connectivity index (χ2n) is 4.81. The quantitative estimate of drug-likeness (QED) is 0.800. The summed E-state index contributed by atoms with van der Waals surface area (Å²) in [6, 6.07) is 5.38. The highest BCUT2D eigenvalue weighted by Gasteiger charge is 2.12. The van der Waals surface area contributed by atoms with Gasteiger partial charge in [-0.25, -0.2) is 4.39 Å². The van der Waals surface area contributed by atoms with Crippen LogP contribution in [0.4, 0.5) is 4.39 Å². The van der Waals surface area contributed by atoms with Crippen LogP contribution in [0.3, 0.4) is 0 Å². The van der Waals surface area contributed by atoms with E-state index in [1.807, 2.05) is 20.0 Å². The Balaban J connectivity index is 2.78. The Labute approximate surface area is 98.1 Å². The van der Waals surface area contributed by atoms with E-state index in [1.54, 1.807) is 12.1 Å². The molecule has 1 aromatic rings. The fourth-order valence-electron chi connectivity index (χ4n) is 1.99. The molecule has 16 heavy (non-hydrogen) atoms. The van der Waals surface area contributed by atoms with E-state index in [1.165, 1.54) is 12.0 Å². The van der Waals surface area contributed by atoms with Crippen molar-refractivity contribution in [1.29, 1.82) is 0 Å². The van der Waals surface area contributed by atoms with Crippen LogP contribution in [0, 0.1) is 18.7 Å². The highest BCUT2D eigenvalue weighted by molar-refractivity contribution is 5.29. The predicted octanol–water partition coefficient (Wildman–Crippen LogP) is 3.83. The average Bonchev–Trinajstić information content (AvgIpc) is 2.21. The lowest BCUT2D eigenvalue weighted by Gasteiger charge is -2.19. The first-order valence-electron chi connectivity index (χ1n) is 5.98. The maximum atomic E-state index is 13.0. The van der Waals surface area contributed by atoms with Crippen molar-refractivity contribution in [3.63, 3.8) is 0 Å². The molecule has 1 atom stereocenters. The number of halogens is 1. The highest BCUT2D eigenvalue weighted by Crippen LogP contribution is 2.24. The van der Waals surface area contributed by atoms with Crippen molar-refractivity contribution in [2.24, 2.45) is 5.92 Å². The van der Waals surface area contributed by atoms with Gasteiger partial charge in [0.2, 0.25) is 0 Å². The van der Waals surface area contributed by atoms with Gasteiger partial charge in [-0.1, -0.05) is 19.9 Å². The number of hydrogen-bond acceptors (Lipinski definition) is 1. The molecule has 0 radical (unpaired) electrons. The zero-order valence-electron chi connectivity index (χ0n) is 10.7. The smallest absolute Gasteiger partial charge is 0.123 e. The fraction of sp³-hybridized carbons (Fsp3) is 0.571. The van der Waals surface area contributed by atoms with Crippen LogP contribution in [-0.4, -0.2) is 7.05 Å². The van der Waals surface area contributed by atoms with Gasteiger partial charge in [-0.2, -0.15) is 0 Å². The molecule has 0 saturated heterocycles. The molecule has 0 aliphatic heterocycles. The zero-order valence-corrected chi connectivity index (χ0v) is 10.7. The van der Waals surface area contributed by atoms with E-state index in [2.05, 4.69) is 19.2 Å². The lowest BCUT2D eigenvalue weighted by atomic mass is 9.95. The van der Waals surface area contributed by atoms with E-state index in [0.29, 0.717) is 12.0 Å². The van der Waals surface area contributed by atoms with Crippen molar-refractivity contribution in [1.82, 2.24) is 5.32 Å². The molecular formula is C14H22FN. The first-order valence-corrected chi connectivity index (χ1v) is 5.98. The first kappa shape index (κ1) is 13.2. The number of hydrogen-bond donors (Lipinski definition) is 1. The standard InChI is InChI=1S/C14H22FN/c1-10(2)5-8-14(16-4)13-7-6-12(15)9-11(13)3/h6-7,9-10,14,16H,5,8H2,1-4H3. The number of nitrogens with one attached hydrogen (secondary N) is 1. The van der Waals surface area contributed by atoms with Crippen LogP contribution in [0.25, 0.3) is 0 Å². The van der Waals surface area contributed by atoms with Crippen molar-refractivity contribution in [2.75, 3.05) is 7.05 Å². The minimum absolute atomic E-state index is 0.153. The third-order valence-corrected chi connectivity index (χ3v) is 2.99. The van der Waals surface area contributed by atoms with Crippen LogP contribution in [0.2, 0.25) is 0 Å². The monoisotopic (exact) mass is 223 g/mol. The third kappa shape index (κ3) is 3.60. The third-order valence-electron chi connectivity index (χ3n) is 2.99. The summed E-state index contributed by atoms with van der Waals surface area (Å²) in [5, 5.41) is 3.31. The summed E-state index contributed by atoms with van der Waals surface area (Å²) >= 11 is 0. The second-order valence-corrected chi connectivity index (χ2v) is 4.81. The Bertz CT molecular complexity index is 334.